The molecule has 0 saturated heterocycles. The van der Waals surface area contributed by atoms with Crippen LogP contribution in [0.4, 0.5) is 10.1 Å². The van der Waals surface area contributed by atoms with Gasteiger partial charge in [0.25, 0.3) is 0 Å². The predicted octanol–water partition coefficient (Wildman–Crippen LogP) is 3.76. The van der Waals surface area contributed by atoms with Gasteiger partial charge in [0.2, 0.25) is 18.6 Å². The zero-order valence-corrected chi connectivity index (χ0v) is 16.7. The largest absolute Gasteiger partial charge is 0.454 e. The molecule has 1 N–H and O–H groups in total. The van der Waals surface area contributed by atoms with E-state index in [1.54, 1.807) is 36.4 Å². The number of rotatable bonds is 7. The van der Waals surface area contributed by atoms with E-state index in [2.05, 4.69) is 5.32 Å². The van der Waals surface area contributed by atoms with Gasteiger partial charge in [-0.1, -0.05) is 48.5 Å². The first kappa shape index (κ1) is 20.4. The molecule has 0 atom stereocenters. The normalized spacial score (nSPS) is 11.8. The molecule has 6 nitrogen and oxygen atoms in total. The summed E-state index contributed by atoms with van der Waals surface area (Å²) in [5.41, 5.74) is 1.69. The molecule has 0 aromatic heterocycles. The molecule has 0 spiro atoms. The van der Waals surface area contributed by atoms with Crippen LogP contribution >= 0.6 is 0 Å². The number of halogens is 1. The maximum atomic E-state index is 14.2. The van der Waals surface area contributed by atoms with Gasteiger partial charge in [0, 0.05) is 23.9 Å². The van der Waals surface area contributed by atoms with E-state index in [1.807, 2.05) is 30.3 Å². The highest BCUT2D eigenvalue weighted by Gasteiger charge is 2.20. The summed E-state index contributed by atoms with van der Waals surface area (Å²) >= 11 is 0. The fourth-order valence-corrected chi connectivity index (χ4v) is 3.29. The van der Waals surface area contributed by atoms with Crippen molar-refractivity contribution in [3.05, 3.63) is 89.7 Å². The molecule has 31 heavy (non-hydrogen) atoms. The van der Waals surface area contributed by atoms with Gasteiger partial charge in [0.1, 0.15) is 12.4 Å². The number of nitrogens with one attached hydrogen (secondary N) is 1. The van der Waals surface area contributed by atoms with Gasteiger partial charge in [-0.25, -0.2) is 4.39 Å². The Hall–Kier alpha value is -3.87. The molecule has 158 valence electrons. The number of carbonyl (C=O) groups is 2. The van der Waals surface area contributed by atoms with E-state index < -0.39 is 11.7 Å². The maximum absolute atomic E-state index is 14.2. The van der Waals surface area contributed by atoms with Gasteiger partial charge in [-0.2, -0.15) is 0 Å². The summed E-state index contributed by atoms with van der Waals surface area (Å²) in [4.78, 5) is 27.0. The highest BCUT2D eigenvalue weighted by molar-refractivity contribution is 5.95. The summed E-state index contributed by atoms with van der Waals surface area (Å²) in [5.74, 6) is 0.0708. The average Bonchev–Trinajstić information content (AvgIpc) is 3.23. The molecular formula is C24H21FN2O4. The van der Waals surface area contributed by atoms with Crippen molar-refractivity contribution < 1.29 is 23.5 Å². The van der Waals surface area contributed by atoms with Crippen LogP contribution in [0.3, 0.4) is 0 Å². The summed E-state index contributed by atoms with van der Waals surface area (Å²) in [6, 6.07) is 20.5. The van der Waals surface area contributed by atoms with E-state index in [4.69, 9.17) is 9.47 Å². The summed E-state index contributed by atoms with van der Waals surface area (Å²) < 4.78 is 24.8. The monoisotopic (exact) mass is 420 g/mol. The van der Waals surface area contributed by atoms with E-state index in [0.29, 0.717) is 22.7 Å². The number of benzene rings is 3. The first-order chi connectivity index (χ1) is 15.1. The van der Waals surface area contributed by atoms with Crippen molar-refractivity contribution in [1.29, 1.82) is 0 Å². The SMILES string of the molecule is O=C(CN(Cc1ccccc1F)C(=O)Cc1ccccc1)Nc1ccc2c(c1)OCO2. The Kier molecular flexibility index (Phi) is 6.12. The second kappa shape index (κ2) is 9.30. The van der Waals surface area contributed by atoms with Gasteiger partial charge in [-0.3, -0.25) is 9.59 Å². The second-order valence-electron chi connectivity index (χ2n) is 7.12. The number of amides is 2. The number of nitrogens with zero attached hydrogens (tertiary/aromatic N) is 1. The van der Waals surface area contributed by atoms with Crippen LogP contribution in [0.15, 0.2) is 72.8 Å². The molecule has 1 aliphatic heterocycles. The van der Waals surface area contributed by atoms with Crippen LogP contribution in [0.25, 0.3) is 0 Å². The third-order valence-electron chi connectivity index (χ3n) is 4.86. The lowest BCUT2D eigenvalue weighted by Crippen LogP contribution is -2.38. The minimum Gasteiger partial charge on any atom is -0.454 e. The smallest absolute Gasteiger partial charge is 0.244 e. The molecule has 7 heteroatoms. The van der Waals surface area contributed by atoms with E-state index in [0.717, 1.165) is 5.56 Å². The Labute approximate surface area is 179 Å². The summed E-state index contributed by atoms with van der Waals surface area (Å²) in [6.45, 7) is -0.0848. The third-order valence-corrected chi connectivity index (χ3v) is 4.86. The van der Waals surface area contributed by atoms with Gasteiger partial charge in [-0.15, -0.1) is 0 Å². The summed E-state index contributed by atoms with van der Waals surface area (Å²) in [7, 11) is 0. The van der Waals surface area contributed by atoms with Crippen LogP contribution in [-0.4, -0.2) is 30.1 Å². The Bertz CT molecular complexity index is 1090. The molecular weight excluding hydrogens is 399 g/mol. The number of ether oxygens (including phenoxy) is 2. The molecule has 0 bridgehead atoms. The van der Waals surface area contributed by atoms with Crippen molar-refractivity contribution in [2.24, 2.45) is 0 Å². The molecule has 0 saturated carbocycles. The number of carbonyl (C=O) groups excluding carboxylic acids is 2. The molecule has 3 aromatic rings. The van der Waals surface area contributed by atoms with E-state index in [-0.39, 0.29) is 32.2 Å². The predicted molar refractivity (Wildman–Crippen MR) is 113 cm³/mol. The quantitative estimate of drug-likeness (QED) is 0.632. The Balaban J connectivity index is 1.48. The zero-order chi connectivity index (χ0) is 21.6. The molecule has 1 aliphatic rings. The lowest BCUT2D eigenvalue weighted by molar-refractivity contribution is -0.134. The zero-order valence-electron chi connectivity index (χ0n) is 16.7. The van der Waals surface area contributed by atoms with Gasteiger partial charge in [-0.05, 0) is 23.8 Å². The highest BCUT2D eigenvalue weighted by atomic mass is 19.1. The van der Waals surface area contributed by atoms with Gasteiger partial charge in [0.15, 0.2) is 11.5 Å². The number of hydrogen-bond donors (Lipinski definition) is 1. The topological polar surface area (TPSA) is 67.9 Å². The molecule has 4 rings (SSSR count). The van der Waals surface area contributed by atoms with Gasteiger partial charge < -0.3 is 19.7 Å². The van der Waals surface area contributed by atoms with Crippen LogP contribution in [0.2, 0.25) is 0 Å². The van der Waals surface area contributed by atoms with Crippen LogP contribution in [0, 0.1) is 5.82 Å². The minimum atomic E-state index is -0.420. The van der Waals surface area contributed by atoms with Crippen molar-refractivity contribution in [3.63, 3.8) is 0 Å². The molecule has 0 aliphatic carbocycles. The Morgan fingerprint density at radius 3 is 2.48 bits per heavy atom. The van der Waals surface area contributed by atoms with Crippen LogP contribution in [-0.2, 0) is 22.6 Å². The Morgan fingerprint density at radius 1 is 0.935 bits per heavy atom. The van der Waals surface area contributed by atoms with Crippen molar-refractivity contribution in [1.82, 2.24) is 4.90 Å². The fourth-order valence-electron chi connectivity index (χ4n) is 3.29. The van der Waals surface area contributed by atoms with Gasteiger partial charge in [0.05, 0.1) is 6.42 Å². The van der Waals surface area contributed by atoms with E-state index in [9.17, 15) is 14.0 Å². The van der Waals surface area contributed by atoms with E-state index in [1.165, 1.54) is 11.0 Å². The number of hydrogen-bond acceptors (Lipinski definition) is 4. The van der Waals surface area contributed by atoms with Crippen molar-refractivity contribution in [3.8, 4) is 11.5 Å². The first-order valence-electron chi connectivity index (χ1n) is 9.83. The first-order valence-corrected chi connectivity index (χ1v) is 9.83. The lowest BCUT2D eigenvalue weighted by Gasteiger charge is -2.23. The lowest BCUT2D eigenvalue weighted by atomic mass is 10.1. The maximum Gasteiger partial charge on any atom is 0.244 e. The van der Waals surface area contributed by atoms with E-state index >= 15 is 0 Å². The number of anilines is 1. The van der Waals surface area contributed by atoms with Crippen molar-refractivity contribution in [2.45, 2.75) is 13.0 Å². The third kappa shape index (κ3) is 5.19. The molecule has 0 fully saturated rings. The second-order valence-corrected chi connectivity index (χ2v) is 7.12. The minimum absolute atomic E-state index is 0.00704. The van der Waals surface area contributed by atoms with Crippen LogP contribution in [0.1, 0.15) is 11.1 Å². The standard InChI is InChI=1S/C24H21FN2O4/c25-20-9-5-4-8-18(20)14-27(24(29)12-17-6-2-1-3-7-17)15-23(28)26-19-10-11-21-22(13-19)31-16-30-21/h1-11,13H,12,14-16H2,(H,26,28). The molecule has 3 aromatic carbocycles. The summed E-state index contributed by atoms with van der Waals surface area (Å²) in [6.07, 6.45) is 0.118. The van der Waals surface area contributed by atoms with Crippen LogP contribution < -0.4 is 14.8 Å². The van der Waals surface area contributed by atoms with Crippen molar-refractivity contribution >= 4 is 17.5 Å². The molecule has 2 amide bonds. The van der Waals surface area contributed by atoms with Crippen molar-refractivity contribution in [2.75, 3.05) is 18.7 Å². The van der Waals surface area contributed by atoms with Crippen LogP contribution in [0.5, 0.6) is 11.5 Å². The van der Waals surface area contributed by atoms with Gasteiger partial charge >= 0.3 is 0 Å². The highest BCUT2D eigenvalue weighted by Crippen LogP contribution is 2.34. The summed E-state index contributed by atoms with van der Waals surface area (Å²) in [5, 5.41) is 2.76. The Morgan fingerprint density at radius 2 is 1.68 bits per heavy atom. The number of fused-ring (bicyclic) bond motifs is 1. The molecule has 0 unspecified atom stereocenters. The fraction of sp³-hybridized carbons (Fsp3) is 0.167. The molecule has 1 heterocycles. The molecule has 0 radical (unpaired) electrons. The average molecular weight is 420 g/mol.